The van der Waals surface area contributed by atoms with Crippen molar-refractivity contribution in [1.29, 1.82) is 0 Å². The number of ether oxygens (including phenoxy) is 1. The van der Waals surface area contributed by atoms with E-state index in [1.165, 1.54) is 9.91 Å². The number of aryl methyl sites for hydroxylation is 1. The topological polar surface area (TPSA) is 170 Å². The van der Waals surface area contributed by atoms with Crippen LogP contribution in [0.15, 0.2) is 67.0 Å². The fourth-order valence-corrected chi connectivity index (χ4v) is 9.60. The van der Waals surface area contributed by atoms with Gasteiger partial charge in [0.1, 0.15) is 12.1 Å². The first kappa shape index (κ1) is 47.9. The summed E-state index contributed by atoms with van der Waals surface area (Å²) in [7, 11) is 5.31. The van der Waals surface area contributed by atoms with Crippen LogP contribution in [-0.2, 0) is 48.1 Å². The number of amides is 4. The Labute approximate surface area is 387 Å². The predicted octanol–water partition coefficient (Wildman–Crippen LogP) is 4.26. The van der Waals surface area contributed by atoms with Gasteiger partial charge in [0.05, 0.1) is 24.8 Å². The molecule has 350 valence electrons. The van der Waals surface area contributed by atoms with Crippen molar-refractivity contribution in [1.82, 2.24) is 40.0 Å². The molecular weight excluding hydrogens is 837 g/mol. The normalized spacial score (nSPS) is 21.5. The van der Waals surface area contributed by atoms with Gasteiger partial charge in [0.2, 0.25) is 17.5 Å². The number of pyridine rings is 1. The summed E-state index contributed by atoms with van der Waals surface area (Å²) in [6, 6.07) is 16.1. The molecule has 15 nitrogen and oxygen atoms in total. The van der Waals surface area contributed by atoms with Crippen LogP contribution in [0, 0.1) is 29.1 Å². The second-order valence-electron chi connectivity index (χ2n) is 19.4. The second kappa shape index (κ2) is 19.8. The number of hydrazine groups is 1. The first-order valence-corrected chi connectivity index (χ1v) is 23.0. The first-order valence-electron chi connectivity index (χ1n) is 23.0. The van der Waals surface area contributed by atoms with Crippen molar-refractivity contribution in [2.75, 3.05) is 53.9 Å². The molecule has 3 N–H and O–H groups in total. The van der Waals surface area contributed by atoms with E-state index in [1.54, 1.807) is 18.1 Å². The van der Waals surface area contributed by atoms with E-state index in [0.29, 0.717) is 32.5 Å². The lowest BCUT2D eigenvalue weighted by Gasteiger charge is -2.40. The first-order chi connectivity index (χ1) is 31.4. The maximum Gasteiger partial charge on any atom is 0.355 e. The SMILES string of the molecule is CCn1c(-c2cccnc2)c2c3cc(ccc31)-c1cccc(c1)C[C@H](NC(=O)[C@H](C(C)C)N(C)C(=O)[C@H]1CCN(C(=O)C#CCN(C)C)C1)C(=O)N1CCC[C@@](O)(N1)C(=O)OCC(C)(C)C2. The maximum absolute atomic E-state index is 14.7. The summed E-state index contributed by atoms with van der Waals surface area (Å²) in [5.41, 5.74) is 6.77. The minimum absolute atomic E-state index is 0.00220. The summed E-state index contributed by atoms with van der Waals surface area (Å²) in [6.07, 6.45) is 4.94. The molecule has 7 rings (SSSR count). The van der Waals surface area contributed by atoms with Gasteiger partial charge in [-0.15, -0.1) is 0 Å². The maximum atomic E-state index is 14.7. The summed E-state index contributed by atoms with van der Waals surface area (Å²) < 4.78 is 8.22. The Morgan fingerprint density at radius 3 is 2.50 bits per heavy atom. The van der Waals surface area contributed by atoms with Crippen molar-refractivity contribution in [2.24, 2.45) is 17.3 Å². The fraction of sp³-hybridized carbons (Fsp3) is 0.490. The van der Waals surface area contributed by atoms with Crippen molar-refractivity contribution < 1.29 is 33.8 Å². The number of aliphatic hydroxyl groups is 1. The number of fused-ring (bicyclic) bond motifs is 6. The van der Waals surface area contributed by atoms with Gasteiger partial charge in [0.25, 0.3) is 11.8 Å². The molecule has 2 aromatic carbocycles. The highest BCUT2D eigenvalue weighted by atomic mass is 16.6. The number of hydrogen-bond donors (Lipinski definition) is 3. The van der Waals surface area contributed by atoms with E-state index in [0.717, 1.165) is 44.4 Å². The molecule has 4 atom stereocenters. The molecule has 0 unspecified atom stereocenters. The number of benzene rings is 2. The molecule has 0 aliphatic carbocycles. The van der Waals surface area contributed by atoms with E-state index < -0.39 is 46.9 Å². The Morgan fingerprint density at radius 1 is 1.03 bits per heavy atom. The Kier molecular flexibility index (Phi) is 14.4. The molecule has 2 aromatic heterocycles. The smallest absolute Gasteiger partial charge is 0.355 e. The highest BCUT2D eigenvalue weighted by Crippen LogP contribution is 2.40. The molecule has 4 amide bonds. The largest absolute Gasteiger partial charge is 0.462 e. The summed E-state index contributed by atoms with van der Waals surface area (Å²) >= 11 is 0. The van der Waals surface area contributed by atoms with Crippen molar-refractivity contribution in [2.45, 2.75) is 91.1 Å². The number of carbonyl (C=O) groups excluding carboxylic acids is 5. The number of rotatable bonds is 8. The third-order valence-electron chi connectivity index (χ3n) is 12.9. The molecule has 15 heteroatoms. The summed E-state index contributed by atoms with van der Waals surface area (Å²) in [5.74, 6) is 2.02. The van der Waals surface area contributed by atoms with Gasteiger partial charge in [-0.1, -0.05) is 63.9 Å². The molecule has 5 heterocycles. The Balaban J connectivity index is 1.23. The molecular formula is C51H64N8O7. The molecule has 3 aliphatic heterocycles. The molecule has 2 fully saturated rings. The van der Waals surface area contributed by atoms with Gasteiger partial charge >= 0.3 is 5.97 Å². The number of cyclic esters (lactones) is 1. The third kappa shape index (κ3) is 10.3. The zero-order chi connectivity index (χ0) is 47.5. The minimum Gasteiger partial charge on any atom is -0.462 e. The van der Waals surface area contributed by atoms with Gasteiger partial charge in [-0.3, -0.25) is 34.1 Å². The lowest BCUT2D eigenvalue weighted by Crippen LogP contribution is -2.67. The number of aromatic nitrogens is 2. The Hall–Kier alpha value is -6.08. The van der Waals surface area contributed by atoms with Crippen LogP contribution < -0.4 is 10.7 Å². The van der Waals surface area contributed by atoms with Gasteiger partial charge in [-0.25, -0.2) is 4.79 Å². The van der Waals surface area contributed by atoms with Crippen molar-refractivity contribution >= 4 is 40.5 Å². The molecule has 3 aliphatic rings. The fourth-order valence-electron chi connectivity index (χ4n) is 9.60. The van der Waals surface area contributed by atoms with Crippen molar-refractivity contribution in [3.8, 4) is 34.2 Å². The van der Waals surface area contributed by atoms with Crippen LogP contribution in [-0.4, -0.2) is 136 Å². The van der Waals surface area contributed by atoms with Crippen molar-refractivity contribution in [3.63, 3.8) is 0 Å². The highest BCUT2D eigenvalue weighted by Gasteiger charge is 2.46. The monoisotopic (exact) mass is 900 g/mol. The minimum atomic E-state index is -2.21. The summed E-state index contributed by atoms with van der Waals surface area (Å²) in [4.78, 5) is 79.4. The van der Waals surface area contributed by atoms with Crippen molar-refractivity contribution in [3.05, 3.63) is 78.1 Å². The van der Waals surface area contributed by atoms with Gasteiger partial charge in [0, 0.05) is 80.3 Å². The third-order valence-corrected chi connectivity index (χ3v) is 12.9. The quantitative estimate of drug-likeness (QED) is 0.172. The average Bonchev–Trinajstić information content (AvgIpc) is 3.90. The number of esters is 1. The van der Waals surface area contributed by atoms with Crippen LogP contribution in [0.5, 0.6) is 0 Å². The average molecular weight is 901 g/mol. The zero-order valence-corrected chi connectivity index (χ0v) is 39.5. The Bertz CT molecular complexity index is 2540. The lowest BCUT2D eigenvalue weighted by atomic mass is 9.84. The molecule has 0 spiro atoms. The standard InChI is InChI=1S/C51H64N8O7/c1-9-58-42-19-18-36-28-39(42)40(45(58)37-16-11-22-52-30-37)29-50(4,5)32-66-49(64)51(65)21-13-24-59(54-51)48(63)41(27-34-14-10-15-35(36)26-34)53-46(61)44(33(2)3)56(8)47(62)38-20-25-57(31-38)43(60)17-12-23-55(6)7/h10-11,14-16,18-19,22,26,28,30,33,38,41,44,54,65H,9,13,20-21,23-25,27,29,31-32H2,1-8H3,(H,53,61)/t38-,41-,44-,51-/m0/s1. The van der Waals surface area contributed by atoms with Gasteiger partial charge in [-0.2, -0.15) is 5.43 Å². The van der Waals surface area contributed by atoms with Crippen LogP contribution in [0.25, 0.3) is 33.3 Å². The number of likely N-dealkylation sites (tertiary alicyclic amines) is 1. The molecule has 2 saturated heterocycles. The van der Waals surface area contributed by atoms with Crippen LogP contribution in [0.3, 0.4) is 0 Å². The number of nitrogens with one attached hydrogen (secondary N) is 2. The molecule has 0 radical (unpaired) electrons. The molecule has 6 bridgehead atoms. The number of carbonyl (C=O) groups is 5. The van der Waals surface area contributed by atoms with E-state index >= 15 is 0 Å². The number of nitrogens with zero attached hydrogens (tertiary/aromatic N) is 6. The van der Waals surface area contributed by atoms with E-state index in [9.17, 15) is 29.1 Å². The molecule has 66 heavy (non-hydrogen) atoms. The lowest BCUT2D eigenvalue weighted by molar-refractivity contribution is -0.189. The highest BCUT2D eigenvalue weighted by molar-refractivity contribution is 5.97. The van der Waals surface area contributed by atoms with E-state index in [4.69, 9.17) is 4.74 Å². The number of likely N-dealkylation sites (N-methyl/N-ethyl adjacent to an activating group) is 1. The van der Waals surface area contributed by atoms with Crippen LogP contribution in [0.1, 0.15) is 65.0 Å². The van der Waals surface area contributed by atoms with Gasteiger partial charge < -0.3 is 29.5 Å². The van der Waals surface area contributed by atoms with Gasteiger partial charge in [0.15, 0.2) is 0 Å². The van der Waals surface area contributed by atoms with E-state index in [-0.39, 0.29) is 56.7 Å². The summed E-state index contributed by atoms with van der Waals surface area (Å²) in [6.45, 7) is 11.7. The summed E-state index contributed by atoms with van der Waals surface area (Å²) in [5, 5.41) is 17.1. The van der Waals surface area contributed by atoms with Crippen LogP contribution in [0.4, 0.5) is 0 Å². The zero-order valence-electron chi connectivity index (χ0n) is 39.5. The van der Waals surface area contributed by atoms with E-state index in [1.807, 2.05) is 83.2 Å². The molecule has 0 saturated carbocycles. The predicted molar refractivity (Wildman–Crippen MR) is 252 cm³/mol. The van der Waals surface area contributed by atoms with E-state index in [2.05, 4.69) is 63.3 Å². The number of hydrogen-bond acceptors (Lipinski definition) is 10. The van der Waals surface area contributed by atoms with Crippen LogP contribution in [0.2, 0.25) is 0 Å². The Morgan fingerprint density at radius 2 is 1.79 bits per heavy atom. The second-order valence-corrected chi connectivity index (χ2v) is 19.4. The van der Waals surface area contributed by atoms with Gasteiger partial charge in [-0.05, 0) is 98.6 Å². The van der Waals surface area contributed by atoms with Crippen LogP contribution >= 0.6 is 0 Å². The molecule has 4 aromatic rings.